The molecule has 4 rings (SSSR count). The highest BCUT2D eigenvalue weighted by Crippen LogP contribution is 2.22. The van der Waals surface area contributed by atoms with E-state index in [0.29, 0.717) is 11.3 Å². The first-order valence-electron chi connectivity index (χ1n) is 9.56. The van der Waals surface area contributed by atoms with Crippen molar-refractivity contribution in [2.75, 3.05) is 26.2 Å². The molecule has 3 aromatic rings. The lowest BCUT2D eigenvalue weighted by molar-refractivity contribution is 0.0697. The van der Waals surface area contributed by atoms with E-state index >= 15 is 0 Å². The molecule has 1 aliphatic rings. The van der Waals surface area contributed by atoms with Crippen molar-refractivity contribution in [3.63, 3.8) is 0 Å². The van der Waals surface area contributed by atoms with Crippen molar-refractivity contribution >= 4 is 27.7 Å². The number of thioether (sulfide) groups is 1. The monoisotopic (exact) mass is 461 g/mol. The smallest absolute Gasteiger partial charge is 0.253 e. The number of nitrogens with zero attached hydrogens (tertiary/aromatic N) is 4. The number of amides is 1. The average Bonchev–Trinajstić information content (AvgIpc) is 3.32. The van der Waals surface area contributed by atoms with Crippen molar-refractivity contribution in [2.24, 2.45) is 0 Å². The maximum absolute atomic E-state index is 14.0. The Morgan fingerprint density at radius 3 is 2.42 bits per heavy atom. The number of piperazine rings is 1. The summed E-state index contributed by atoms with van der Waals surface area (Å²) in [5.41, 5.74) is 1.58. The number of H-pyrrole nitrogens is 1. The van der Waals surface area contributed by atoms with Crippen LogP contribution in [0.4, 0.5) is 4.39 Å². The molecule has 1 fully saturated rings. The summed E-state index contributed by atoms with van der Waals surface area (Å²) in [6.07, 6.45) is 1.45. The molecule has 11 heteroatoms. The Hall–Kier alpha value is -2.76. The van der Waals surface area contributed by atoms with Crippen LogP contribution in [-0.4, -0.2) is 64.9 Å². The molecule has 1 aliphatic heterocycles. The third kappa shape index (κ3) is 4.78. The third-order valence-corrected chi connectivity index (χ3v) is 7.83. The number of halogens is 1. The predicted molar refractivity (Wildman–Crippen MR) is 113 cm³/mol. The van der Waals surface area contributed by atoms with E-state index < -0.39 is 15.8 Å². The third-order valence-electron chi connectivity index (χ3n) is 4.95. The molecule has 8 nitrogen and oxygen atoms in total. The van der Waals surface area contributed by atoms with E-state index in [-0.39, 0.29) is 37.0 Å². The van der Waals surface area contributed by atoms with Crippen molar-refractivity contribution in [1.29, 1.82) is 0 Å². The van der Waals surface area contributed by atoms with Crippen LogP contribution in [0.3, 0.4) is 0 Å². The molecule has 2 aromatic carbocycles. The SMILES string of the molecule is O=C(c1ccc(CSc2ncn[nH]2)cc1)N1CCN(S(=O)(=O)c2ccccc2F)CC1. The predicted octanol–water partition coefficient (Wildman–Crippen LogP) is 2.38. The number of hydrogen-bond donors (Lipinski definition) is 1. The molecule has 0 saturated carbocycles. The topological polar surface area (TPSA) is 99.3 Å². The van der Waals surface area contributed by atoms with E-state index in [0.717, 1.165) is 16.8 Å². The zero-order valence-corrected chi connectivity index (χ0v) is 18.1. The zero-order valence-electron chi connectivity index (χ0n) is 16.4. The number of rotatable bonds is 6. The minimum absolute atomic E-state index is 0.119. The van der Waals surface area contributed by atoms with Gasteiger partial charge in [-0.15, -0.1) is 0 Å². The van der Waals surface area contributed by atoms with E-state index in [4.69, 9.17) is 0 Å². The van der Waals surface area contributed by atoms with Crippen LogP contribution in [0.2, 0.25) is 0 Å². The Balaban J connectivity index is 1.35. The van der Waals surface area contributed by atoms with Crippen molar-refractivity contribution in [3.05, 3.63) is 71.8 Å². The van der Waals surface area contributed by atoms with Gasteiger partial charge in [-0.05, 0) is 29.8 Å². The number of carbonyl (C=O) groups is 1. The fourth-order valence-electron chi connectivity index (χ4n) is 3.27. The summed E-state index contributed by atoms with van der Waals surface area (Å²) >= 11 is 1.51. The van der Waals surface area contributed by atoms with Gasteiger partial charge in [0.25, 0.3) is 5.91 Å². The summed E-state index contributed by atoms with van der Waals surface area (Å²) in [6, 6.07) is 12.6. The fraction of sp³-hybridized carbons (Fsp3) is 0.250. The first-order chi connectivity index (χ1) is 14.9. The van der Waals surface area contributed by atoms with Crippen LogP contribution < -0.4 is 0 Å². The highest BCUT2D eigenvalue weighted by Gasteiger charge is 2.32. The molecule has 0 bridgehead atoms. The summed E-state index contributed by atoms with van der Waals surface area (Å²) in [4.78, 5) is 18.1. The molecule has 162 valence electrons. The van der Waals surface area contributed by atoms with Crippen molar-refractivity contribution in [3.8, 4) is 0 Å². The van der Waals surface area contributed by atoms with Gasteiger partial charge in [0.1, 0.15) is 17.0 Å². The molecule has 0 radical (unpaired) electrons. The number of nitrogens with one attached hydrogen (secondary N) is 1. The largest absolute Gasteiger partial charge is 0.336 e. The first-order valence-corrected chi connectivity index (χ1v) is 12.0. The normalized spacial score (nSPS) is 15.2. The van der Waals surface area contributed by atoms with Gasteiger partial charge in [-0.1, -0.05) is 36.0 Å². The lowest BCUT2D eigenvalue weighted by Gasteiger charge is -2.34. The molecule has 2 heterocycles. The Kier molecular flexibility index (Phi) is 6.35. The number of benzene rings is 2. The van der Waals surface area contributed by atoms with Gasteiger partial charge in [-0.3, -0.25) is 9.89 Å². The minimum Gasteiger partial charge on any atom is -0.336 e. The van der Waals surface area contributed by atoms with E-state index in [1.807, 2.05) is 12.1 Å². The second-order valence-corrected chi connectivity index (χ2v) is 9.77. The fourth-order valence-corrected chi connectivity index (χ4v) is 5.49. The molecule has 1 saturated heterocycles. The molecule has 1 amide bonds. The van der Waals surface area contributed by atoms with Gasteiger partial charge in [0, 0.05) is 37.5 Å². The second kappa shape index (κ2) is 9.16. The van der Waals surface area contributed by atoms with Gasteiger partial charge in [-0.2, -0.15) is 9.40 Å². The van der Waals surface area contributed by atoms with Gasteiger partial charge in [0.15, 0.2) is 5.16 Å². The van der Waals surface area contributed by atoms with Gasteiger partial charge in [0.2, 0.25) is 10.0 Å². The van der Waals surface area contributed by atoms with E-state index in [1.54, 1.807) is 17.0 Å². The van der Waals surface area contributed by atoms with Gasteiger partial charge in [0.05, 0.1) is 0 Å². The van der Waals surface area contributed by atoms with Crippen LogP contribution in [0.5, 0.6) is 0 Å². The summed E-state index contributed by atoms with van der Waals surface area (Å²) in [5, 5.41) is 7.31. The summed E-state index contributed by atoms with van der Waals surface area (Å²) in [6.45, 7) is 0.730. The number of aromatic amines is 1. The van der Waals surface area contributed by atoms with Crippen LogP contribution in [0, 0.1) is 5.82 Å². The quantitative estimate of drug-likeness (QED) is 0.566. The van der Waals surface area contributed by atoms with Crippen molar-refractivity contribution in [2.45, 2.75) is 15.8 Å². The molecule has 31 heavy (non-hydrogen) atoms. The molecule has 0 spiro atoms. The molecular formula is C20H20FN5O3S2. The van der Waals surface area contributed by atoms with Crippen LogP contribution in [0.25, 0.3) is 0 Å². The maximum Gasteiger partial charge on any atom is 0.253 e. The highest BCUT2D eigenvalue weighted by atomic mass is 32.2. The molecule has 0 atom stereocenters. The standard InChI is InChI=1S/C20H20FN5O3S2/c21-17-3-1-2-4-18(17)31(28,29)26-11-9-25(10-12-26)19(27)16-7-5-15(6-8-16)13-30-20-22-14-23-24-20/h1-8,14H,9-13H2,(H,22,23,24). The Morgan fingerprint density at radius 1 is 1.06 bits per heavy atom. The molecule has 1 N–H and O–H groups in total. The Morgan fingerprint density at radius 2 is 1.77 bits per heavy atom. The van der Waals surface area contributed by atoms with Crippen LogP contribution in [0.15, 0.2) is 64.9 Å². The van der Waals surface area contributed by atoms with Gasteiger partial charge in [-0.25, -0.2) is 17.8 Å². The number of carbonyl (C=O) groups excluding carboxylic acids is 1. The summed E-state index contributed by atoms with van der Waals surface area (Å²) in [7, 11) is -3.93. The lowest BCUT2D eigenvalue weighted by Crippen LogP contribution is -2.50. The van der Waals surface area contributed by atoms with Crippen LogP contribution in [0.1, 0.15) is 15.9 Å². The number of hydrogen-bond acceptors (Lipinski definition) is 6. The minimum atomic E-state index is -3.93. The Bertz CT molecular complexity index is 1150. The number of sulfonamides is 1. The van der Waals surface area contributed by atoms with E-state index in [9.17, 15) is 17.6 Å². The van der Waals surface area contributed by atoms with E-state index in [2.05, 4.69) is 15.2 Å². The van der Waals surface area contributed by atoms with Crippen LogP contribution >= 0.6 is 11.8 Å². The summed E-state index contributed by atoms with van der Waals surface area (Å²) in [5.74, 6) is -0.240. The number of aromatic nitrogens is 3. The average molecular weight is 462 g/mol. The van der Waals surface area contributed by atoms with Crippen molar-refractivity contribution < 1.29 is 17.6 Å². The van der Waals surface area contributed by atoms with Crippen LogP contribution in [-0.2, 0) is 15.8 Å². The Labute approximate surface area is 183 Å². The van der Waals surface area contributed by atoms with Gasteiger partial charge < -0.3 is 4.90 Å². The first kappa shape index (κ1) is 21.5. The van der Waals surface area contributed by atoms with Crippen molar-refractivity contribution in [1.82, 2.24) is 24.4 Å². The van der Waals surface area contributed by atoms with E-state index in [1.165, 1.54) is 40.6 Å². The molecule has 0 unspecified atom stereocenters. The highest BCUT2D eigenvalue weighted by molar-refractivity contribution is 7.98. The molecule has 0 aliphatic carbocycles. The summed E-state index contributed by atoms with van der Waals surface area (Å²) < 4.78 is 40.6. The molecule has 1 aromatic heterocycles. The van der Waals surface area contributed by atoms with Gasteiger partial charge >= 0.3 is 0 Å². The zero-order chi connectivity index (χ0) is 21.8. The second-order valence-electron chi connectivity index (χ2n) is 6.90. The maximum atomic E-state index is 14.0. The molecular weight excluding hydrogens is 441 g/mol. The lowest BCUT2D eigenvalue weighted by atomic mass is 10.1.